The molecule has 0 spiro atoms. The summed E-state index contributed by atoms with van der Waals surface area (Å²) in [7, 11) is 1.92. The lowest BCUT2D eigenvalue weighted by molar-refractivity contribution is 0.101. The molecule has 0 aliphatic rings. The normalized spacial score (nSPS) is 12.2. The van der Waals surface area contributed by atoms with Crippen molar-refractivity contribution in [1.29, 1.82) is 0 Å². The standard InChI is InChI=1S/C14H16N2O2/c1-10(17)12-5-4-6-13(9-12)18-11(2)14-15-7-8-16(14)3/h4-9,11H,1-3H3. The predicted octanol–water partition coefficient (Wildman–Crippen LogP) is 2.76. The first-order chi connectivity index (χ1) is 8.58. The molecule has 2 aromatic rings. The molecule has 94 valence electrons. The van der Waals surface area contributed by atoms with Gasteiger partial charge in [0.1, 0.15) is 11.6 Å². The number of ether oxygens (including phenoxy) is 1. The van der Waals surface area contributed by atoms with Gasteiger partial charge in [-0.1, -0.05) is 12.1 Å². The molecule has 0 saturated carbocycles. The van der Waals surface area contributed by atoms with Crippen LogP contribution in [0.25, 0.3) is 0 Å². The largest absolute Gasteiger partial charge is 0.483 e. The Balaban J connectivity index is 2.17. The number of aryl methyl sites for hydroxylation is 1. The van der Waals surface area contributed by atoms with Crippen molar-refractivity contribution in [1.82, 2.24) is 9.55 Å². The van der Waals surface area contributed by atoms with E-state index in [-0.39, 0.29) is 11.9 Å². The molecule has 0 amide bonds. The van der Waals surface area contributed by atoms with E-state index in [4.69, 9.17) is 4.74 Å². The van der Waals surface area contributed by atoms with Gasteiger partial charge in [-0.25, -0.2) is 4.98 Å². The summed E-state index contributed by atoms with van der Waals surface area (Å²) in [5.41, 5.74) is 0.652. The van der Waals surface area contributed by atoms with Crippen molar-refractivity contribution >= 4 is 5.78 Å². The van der Waals surface area contributed by atoms with Crippen LogP contribution in [0.15, 0.2) is 36.7 Å². The fourth-order valence-corrected chi connectivity index (χ4v) is 1.81. The minimum atomic E-state index is -0.160. The van der Waals surface area contributed by atoms with Gasteiger partial charge in [-0.15, -0.1) is 0 Å². The highest BCUT2D eigenvalue weighted by atomic mass is 16.5. The van der Waals surface area contributed by atoms with Crippen molar-refractivity contribution in [3.8, 4) is 5.75 Å². The van der Waals surface area contributed by atoms with Crippen molar-refractivity contribution in [2.45, 2.75) is 20.0 Å². The first-order valence-corrected chi connectivity index (χ1v) is 5.83. The third kappa shape index (κ3) is 2.59. The fourth-order valence-electron chi connectivity index (χ4n) is 1.81. The third-order valence-electron chi connectivity index (χ3n) is 2.78. The maximum Gasteiger partial charge on any atom is 0.159 e. The van der Waals surface area contributed by atoms with Crippen molar-refractivity contribution in [2.24, 2.45) is 7.05 Å². The lowest BCUT2D eigenvalue weighted by Crippen LogP contribution is -2.09. The molecule has 1 aromatic heterocycles. The Morgan fingerprint density at radius 2 is 2.22 bits per heavy atom. The van der Waals surface area contributed by atoms with Crippen LogP contribution in [-0.4, -0.2) is 15.3 Å². The van der Waals surface area contributed by atoms with E-state index >= 15 is 0 Å². The van der Waals surface area contributed by atoms with Crippen LogP contribution in [-0.2, 0) is 7.05 Å². The quantitative estimate of drug-likeness (QED) is 0.777. The van der Waals surface area contributed by atoms with E-state index in [0.29, 0.717) is 11.3 Å². The number of ketones is 1. The van der Waals surface area contributed by atoms with E-state index in [1.54, 1.807) is 25.3 Å². The Hall–Kier alpha value is -2.10. The number of carbonyl (C=O) groups is 1. The molecule has 1 atom stereocenters. The molecule has 1 aromatic carbocycles. The Labute approximate surface area is 106 Å². The average Bonchev–Trinajstić information content (AvgIpc) is 2.76. The van der Waals surface area contributed by atoms with Crippen molar-refractivity contribution in [3.05, 3.63) is 48.0 Å². The SMILES string of the molecule is CC(=O)c1cccc(OC(C)c2nccn2C)c1. The van der Waals surface area contributed by atoms with Gasteiger partial charge in [-0.2, -0.15) is 0 Å². The summed E-state index contributed by atoms with van der Waals surface area (Å²) >= 11 is 0. The molecule has 0 saturated heterocycles. The maximum atomic E-state index is 11.3. The second-order valence-electron chi connectivity index (χ2n) is 4.24. The number of rotatable bonds is 4. The minimum absolute atomic E-state index is 0.0325. The molecule has 0 aliphatic carbocycles. The topological polar surface area (TPSA) is 44.1 Å². The average molecular weight is 244 g/mol. The van der Waals surface area contributed by atoms with E-state index in [9.17, 15) is 4.79 Å². The number of hydrogen-bond donors (Lipinski definition) is 0. The fraction of sp³-hybridized carbons (Fsp3) is 0.286. The first-order valence-electron chi connectivity index (χ1n) is 5.83. The van der Waals surface area contributed by atoms with Gasteiger partial charge in [0, 0.05) is 25.0 Å². The van der Waals surface area contributed by atoms with Crippen LogP contribution in [0.3, 0.4) is 0 Å². The zero-order valence-corrected chi connectivity index (χ0v) is 10.8. The summed E-state index contributed by atoms with van der Waals surface area (Å²) in [6.07, 6.45) is 3.45. The minimum Gasteiger partial charge on any atom is -0.483 e. The van der Waals surface area contributed by atoms with E-state index in [1.807, 2.05) is 36.9 Å². The third-order valence-corrected chi connectivity index (χ3v) is 2.78. The Kier molecular flexibility index (Phi) is 3.46. The lowest BCUT2D eigenvalue weighted by atomic mass is 10.1. The summed E-state index contributed by atoms with van der Waals surface area (Å²) in [5.74, 6) is 1.56. The van der Waals surface area contributed by atoms with Gasteiger partial charge in [0.05, 0.1) is 0 Å². The molecular formula is C14H16N2O2. The molecule has 18 heavy (non-hydrogen) atoms. The molecule has 4 heteroatoms. The molecular weight excluding hydrogens is 228 g/mol. The Bertz CT molecular complexity index is 560. The van der Waals surface area contributed by atoms with Crippen LogP contribution in [0.4, 0.5) is 0 Å². The zero-order valence-electron chi connectivity index (χ0n) is 10.8. The van der Waals surface area contributed by atoms with Gasteiger partial charge < -0.3 is 9.30 Å². The molecule has 0 N–H and O–H groups in total. The van der Waals surface area contributed by atoms with Crippen LogP contribution < -0.4 is 4.74 Å². The molecule has 0 bridgehead atoms. The monoisotopic (exact) mass is 244 g/mol. The summed E-state index contributed by atoms with van der Waals surface area (Å²) in [6, 6.07) is 7.19. The number of imidazole rings is 1. The number of Topliss-reactive ketones (excluding diaryl/α,β-unsaturated/α-hetero) is 1. The second-order valence-corrected chi connectivity index (χ2v) is 4.24. The number of nitrogens with zero attached hydrogens (tertiary/aromatic N) is 2. The summed E-state index contributed by atoms with van der Waals surface area (Å²) in [5, 5.41) is 0. The number of benzene rings is 1. The van der Waals surface area contributed by atoms with Gasteiger partial charge in [0.25, 0.3) is 0 Å². The van der Waals surface area contributed by atoms with Crippen molar-refractivity contribution in [2.75, 3.05) is 0 Å². The Morgan fingerprint density at radius 3 is 2.83 bits per heavy atom. The summed E-state index contributed by atoms with van der Waals surface area (Å²) < 4.78 is 7.71. The highest BCUT2D eigenvalue weighted by Gasteiger charge is 2.12. The van der Waals surface area contributed by atoms with Crippen molar-refractivity contribution < 1.29 is 9.53 Å². The predicted molar refractivity (Wildman–Crippen MR) is 68.7 cm³/mol. The van der Waals surface area contributed by atoms with E-state index in [0.717, 1.165) is 5.82 Å². The van der Waals surface area contributed by atoms with E-state index < -0.39 is 0 Å². The van der Waals surface area contributed by atoms with E-state index in [1.165, 1.54) is 0 Å². The number of carbonyl (C=O) groups excluding carboxylic acids is 1. The van der Waals surface area contributed by atoms with Crippen molar-refractivity contribution in [3.63, 3.8) is 0 Å². The number of aromatic nitrogens is 2. The highest BCUT2D eigenvalue weighted by molar-refractivity contribution is 5.94. The second kappa shape index (κ2) is 5.04. The van der Waals surface area contributed by atoms with Crippen LogP contribution in [0, 0.1) is 0 Å². The van der Waals surface area contributed by atoms with Crippen LogP contribution in [0.2, 0.25) is 0 Å². The molecule has 1 heterocycles. The van der Waals surface area contributed by atoms with Crippen LogP contribution in [0.5, 0.6) is 5.75 Å². The molecule has 0 radical (unpaired) electrons. The zero-order chi connectivity index (χ0) is 13.1. The van der Waals surface area contributed by atoms with Crippen LogP contribution in [0.1, 0.15) is 36.1 Å². The molecule has 4 nitrogen and oxygen atoms in total. The molecule has 1 unspecified atom stereocenters. The lowest BCUT2D eigenvalue weighted by Gasteiger charge is -2.14. The summed E-state index contributed by atoms with van der Waals surface area (Å²) in [6.45, 7) is 3.48. The first kappa shape index (κ1) is 12.4. The molecule has 2 rings (SSSR count). The van der Waals surface area contributed by atoms with Gasteiger partial charge in [0.15, 0.2) is 11.9 Å². The smallest absolute Gasteiger partial charge is 0.159 e. The highest BCUT2D eigenvalue weighted by Crippen LogP contribution is 2.21. The van der Waals surface area contributed by atoms with Gasteiger partial charge in [0.2, 0.25) is 0 Å². The van der Waals surface area contributed by atoms with Crippen LogP contribution >= 0.6 is 0 Å². The summed E-state index contributed by atoms with van der Waals surface area (Å²) in [4.78, 5) is 15.5. The Morgan fingerprint density at radius 1 is 1.44 bits per heavy atom. The molecule has 0 aliphatic heterocycles. The van der Waals surface area contributed by atoms with Gasteiger partial charge in [-0.3, -0.25) is 4.79 Å². The number of hydrogen-bond acceptors (Lipinski definition) is 3. The van der Waals surface area contributed by atoms with E-state index in [2.05, 4.69) is 4.98 Å². The maximum absolute atomic E-state index is 11.3. The van der Waals surface area contributed by atoms with Gasteiger partial charge in [-0.05, 0) is 26.0 Å². The molecule has 0 fully saturated rings. The van der Waals surface area contributed by atoms with Gasteiger partial charge >= 0.3 is 0 Å².